The number of amides is 2. The lowest BCUT2D eigenvalue weighted by atomic mass is 9.90. The number of piperidine rings is 1. The normalized spacial score (nSPS) is 24.2. The molecule has 1 fully saturated rings. The number of β-amino-alcohol motifs (C(OH)–C–C–N with tert-alkyl or cyclic N) is 1. The predicted molar refractivity (Wildman–Crippen MR) is 68.9 cm³/mol. The lowest BCUT2D eigenvalue weighted by molar-refractivity contribution is -0.139. The average molecular weight is 256 g/mol. The largest absolute Gasteiger partial charge is 0.388 e. The van der Waals surface area contributed by atoms with E-state index in [2.05, 4.69) is 5.32 Å². The van der Waals surface area contributed by atoms with Gasteiger partial charge in [-0.05, 0) is 19.3 Å². The van der Waals surface area contributed by atoms with Gasteiger partial charge in [-0.2, -0.15) is 0 Å². The van der Waals surface area contributed by atoms with Gasteiger partial charge in [0.1, 0.15) is 0 Å². The Labute approximate surface area is 109 Å². The van der Waals surface area contributed by atoms with Gasteiger partial charge in [-0.1, -0.05) is 20.8 Å². The minimum absolute atomic E-state index is 0.0246. The van der Waals surface area contributed by atoms with E-state index in [1.807, 2.05) is 6.92 Å². The Morgan fingerprint density at radius 1 is 1.44 bits per heavy atom. The first-order valence-corrected chi connectivity index (χ1v) is 6.66. The first kappa shape index (κ1) is 15.0. The molecule has 0 bridgehead atoms. The second-order valence-corrected chi connectivity index (χ2v) is 5.37. The van der Waals surface area contributed by atoms with Gasteiger partial charge in [0.05, 0.1) is 12.1 Å². The third kappa shape index (κ3) is 3.98. The Bertz CT molecular complexity index is 317. The quantitative estimate of drug-likeness (QED) is 0.770. The molecule has 2 N–H and O–H groups in total. The topological polar surface area (TPSA) is 69.6 Å². The molecule has 18 heavy (non-hydrogen) atoms. The van der Waals surface area contributed by atoms with Crippen molar-refractivity contribution in [3.05, 3.63) is 0 Å². The van der Waals surface area contributed by atoms with Gasteiger partial charge < -0.3 is 15.3 Å². The van der Waals surface area contributed by atoms with Crippen LogP contribution in [0.15, 0.2) is 0 Å². The molecular formula is C13H24N2O3. The number of carbonyl (C=O) groups is 2. The van der Waals surface area contributed by atoms with Gasteiger partial charge in [-0.15, -0.1) is 0 Å². The Hall–Kier alpha value is -1.10. The molecule has 0 aromatic heterocycles. The van der Waals surface area contributed by atoms with Gasteiger partial charge in [0.25, 0.3) is 0 Å². The van der Waals surface area contributed by atoms with Gasteiger partial charge in [-0.3, -0.25) is 9.59 Å². The van der Waals surface area contributed by atoms with Crippen molar-refractivity contribution in [3.8, 4) is 0 Å². The van der Waals surface area contributed by atoms with Crippen molar-refractivity contribution in [3.63, 3.8) is 0 Å². The zero-order valence-electron chi connectivity index (χ0n) is 11.5. The van der Waals surface area contributed by atoms with E-state index in [0.29, 0.717) is 19.5 Å². The van der Waals surface area contributed by atoms with Crippen molar-refractivity contribution in [2.24, 2.45) is 5.92 Å². The number of carbonyl (C=O) groups excluding carboxylic acids is 2. The van der Waals surface area contributed by atoms with Crippen LogP contribution in [-0.4, -0.2) is 47.1 Å². The molecule has 5 heteroatoms. The molecule has 1 aliphatic rings. The smallest absolute Gasteiger partial charge is 0.242 e. The molecule has 1 rings (SSSR count). The van der Waals surface area contributed by atoms with E-state index >= 15 is 0 Å². The van der Waals surface area contributed by atoms with Crippen molar-refractivity contribution in [2.45, 2.75) is 45.6 Å². The van der Waals surface area contributed by atoms with E-state index in [-0.39, 0.29) is 24.3 Å². The first-order chi connectivity index (χ1) is 8.38. The highest BCUT2D eigenvalue weighted by Crippen LogP contribution is 2.23. The third-order valence-corrected chi connectivity index (χ3v) is 3.50. The minimum Gasteiger partial charge on any atom is -0.388 e. The lowest BCUT2D eigenvalue weighted by Crippen LogP contribution is -2.52. The SMILES string of the molecule is CC[C@@]1(O)CCCN(C(=O)CNC(=O)C(C)C)C1. The highest BCUT2D eigenvalue weighted by molar-refractivity contribution is 5.85. The Morgan fingerprint density at radius 3 is 2.67 bits per heavy atom. The van der Waals surface area contributed by atoms with Crippen LogP contribution in [-0.2, 0) is 9.59 Å². The molecular weight excluding hydrogens is 232 g/mol. The molecule has 0 radical (unpaired) electrons. The van der Waals surface area contributed by atoms with Crippen molar-refractivity contribution >= 4 is 11.8 Å². The molecule has 1 heterocycles. The van der Waals surface area contributed by atoms with Crippen LogP contribution in [0.3, 0.4) is 0 Å². The van der Waals surface area contributed by atoms with E-state index in [9.17, 15) is 14.7 Å². The fourth-order valence-electron chi connectivity index (χ4n) is 2.09. The molecule has 0 aromatic carbocycles. The summed E-state index contributed by atoms with van der Waals surface area (Å²) in [6.45, 7) is 6.57. The number of hydrogen-bond donors (Lipinski definition) is 2. The van der Waals surface area contributed by atoms with E-state index < -0.39 is 5.60 Å². The molecule has 0 unspecified atom stereocenters. The monoisotopic (exact) mass is 256 g/mol. The van der Waals surface area contributed by atoms with Crippen LogP contribution in [0.1, 0.15) is 40.0 Å². The maximum absolute atomic E-state index is 11.9. The van der Waals surface area contributed by atoms with Gasteiger partial charge in [0.15, 0.2) is 0 Å². The van der Waals surface area contributed by atoms with Crippen LogP contribution < -0.4 is 5.32 Å². The van der Waals surface area contributed by atoms with E-state index in [4.69, 9.17) is 0 Å². The molecule has 2 amide bonds. The fourth-order valence-corrected chi connectivity index (χ4v) is 2.09. The van der Waals surface area contributed by atoms with E-state index in [0.717, 1.165) is 12.8 Å². The van der Waals surface area contributed by atoms with Gasteiger partial charge in [0, 0.05) is 19.0 Å². The van der Waals surface area contributed by atoms with Crippen LogP contribution in [0, 0.1) is 5.92 Å². The summed E-state index contributed by atoms with van der Waals surface area (Å²) in [5, 5.41) is 12.8. The fraction of sp³-hybridized carbons (Fsp3) is 0.846. The summed E-state index contributed by atoms with van der Waals surface area (Å²) in [4.78, 5) is 25.0. The standard InChI is InChI=1S/C13H24N2O3/c1-4-13(18)6-5-7-15(9-13)11(16)8-14-12(17)10(2)3/h10,18H,4-9H2,1-3H3,(H,14,17)/t13-/m1/s1. The van der Waals surface area contributed by atoms with Crippen LogP contribution in [0.25, 0.3) is 0 Å². The van der Waals surface area contributed by atoms with Gasteiger partial charge in [0.2, 0.25) is 11.8 Å². The molecule has 0 saturated carbocycles. The van der Waals surface area contributed by atoms with Gasteiger partial charge in [-0.25, -0.2) is 0 Å². The van der Waals surface area contributed by atoms with Crippen LogP contribution in [0.2, 0.25) is 0 Å². The van der Waals surface area contributed by atoms with Crippen molar-refractivity contribution in [1.82, 2.24) is 10.2 Å². The Balaban J connectivity index is 2.44. The second-order valence-electron chi connectivity index (χ2n) is 5.37. The van der Waals surface area contributed by atoms with Crippen molar-refractivity contribution < 1.29 is 14.7 Å². The van der Waals surface area contributed by atoms with Crippen molar-refractivity contribution in [2.75, 3.05) is 19.6 Å². The number of rotatable bonds is 4. The summed E-state index contributed by atoms with van der Waals surface area (Å²) in [5.74, 6) is -0.353. The molecule has 0 spiro atoms. The molecule has 1 aliphatic heterocycles. The van der Waals surface area contributed by atoms with E-state index in [1.165, 1.54) is 0 Å². The zero-order valence-corrected chi connectivity index (χ0v) is 11.5. The number of nitrogens with one attached hydrogen (secondary N) is 1. The summed E-state index contributed by atoms with van der Waals surface area (Å²) in [6.07, 6.45) is 2.20. The highest BCUT2D eigenvalue weighted by Gasteiger charge is 2.33. The molecule has 104 valence electrons. The second kappa shape index (κ2) is 6.18. The lowest BCUT2D eigenvalue weighted by Gasteiger charge is -2.38. The number of hydrogen-bond acceptors (Lipinski definition) is 3. The van der Waals surface area contributed by atoms with Crippen LogP contribution in [0.4, 0.5) is 0 Å². The molecule has 0 aromatic rings. The van der Waals surface area contributed by atoms with E-state index in [1.54, 1.807) is 18.7 Å². The first-order valence-electron chi connectivity index (χ1n) is 6.66. The maximum Gasteiger partial charge on any atom is 0.242 e. The third-order valence-electron chi connectivity index (χ3n) is 3.50. The maximum atomic E-state index is 11.9. The minimum atomic E-state index is -0.754. The Morgan fingerprint density at radius 2 is 2.11 bits per heavy atom. The molecule has 1 saturated heterocycles. The number of nitrogens with zero attached hydrogens (tertiary/aromatic N) is 1. The zero-order chi connectivity index (χ0) is 13.8. The summed E-state index contributed by atoms with van der Waals surface area (Å²) < 4.78 is 0. The predicted octanol–water partition coefficient (Wildman–Crippen LogP) is 0.522. The van der Waals surface area contributed by atoms with Crippen LogP contribution >= 0.6 is 0 Å². The molecule has 0 aliphatic carbocycles. The highest BCUT2D eigenvalue weighted by atomic mass is 16.3. The average Bonchev–Trinajstić information content (AvgIpc) is 2.35. The summed E-state index contributed by atoms with van der Waals surface area (Å²) in [6, 6.07) is 0. The van der Waals surface area contributed by atoms with Crippen molar-refractivity contribution in [1.29, 1.82) is 0 Å². The molecule has 1 atom stereocenters. The Kier molecular flexibility index (Phi) is 5.14. The summed E-state index contributed by atoms with van der Waals surface area (Å²) >= 11 is 0. The van der Waals surface area contributed by atoms with Gasteiger partial charge >= 0.3 is 0 Å². The number of likely N-dealkylation sites (tertiary alicyclic amines) is 1. The summed E-state index contributed by atoms with van der Waals surface area (Å²) in [5.41, 5.74) is -0.754. The number of aliphatic hydroxyl groups is 1. The molecule has 5 nitrogen and oxygen atoms in total. The summed E-state index contributed by atoms with van der Waals surface area (Å²) in [7, 11) is 0. The van der Waals surface area contributed by atoms with Crippen LogP contribution in [0.5, 0.6) is 0 Å².